The molecule has 0 spiro atoms. The van der Waals surface area contributed by atoms with Gasteiger partial charge < -0.3 is 14.4 Å². The van der Waals surface area contributed by atoms with E-state index in [2.05, 4.69) is 66.7 Å². The molecule has 1 saturated heterocycles. The van der Waals surface area contributed by atoms with Gasteiger partial charge in [-0.1, -0.05) is 0 Å². The Morgan fingerprint density at radius 3 is 2.50 bits per heavy atom. The van der Waals surface area contributed by atoms with Crippen LogP contribution in [-0.4, -0.2) is 78.0 Å². The van der Waals surface area contributed by atoms with E-state index >= 15 is 0 Å². The van der Waals surface area contributed by atoms with Crippen LogP contribution in [0, 0.1) is 0 Å². The molecule has 2 aromatic rings. The van der Waals surface area contributed by atoms with Crippen LogP contribution < -0.4 is 0 Å². The molecule has 142 valence electrons. The molecular weight excluding hydrogens is 324 g/mol. The molecule has 1 amide bonds. The van der Waals surface area contributed by atoms with E-state index in [4.69, 9.17) is 0 Å². The van der Waals surface area contributed by atoms with Gasteiger partial charge in [0.05, 0.1) is 0 Å². The zero-order chi connectivity index (χ0) is 18.7. The number of hydrogen-bond donors (Lipinski definition) is 0. The molecule has 1 fully saturated rings. The lowest BCUT2D eigenvalue weighted by Crippen LogP contribution is -2.50. The molecule has 0 N–H and O–H groups in total. The lowest BCUT2D eigenvalue weighted by molar-refractivity contribution is 0.0595. The maximum absolute atomic E-state index is 12.9. The van der Waals surface area contributed by atoms with Crippen molar-refractivity contribution >= 4 is 16.8 Å². The summed E-state index contributed by atoms with van der Waals surface area (Å²) in [6, 6.07) is 8.81. The summed E-state index contributed by atoms with van der Waals surface area (Å²) >= 11 is 0. The summed E-state index contributed by atoms with van der Waals surface area (Å²) in [5.41, 5.74) is 2.02. The van der Waals surface area contributed by atoms with Crippen LogP contribution in [0.15, 0.2) is 30.5 Å². The number of nitrogens with zero attached hydrogens (tertiary/aromatic N) is 4. The Kier molecular flexibility index (Phi) is 5.99. The summed E-state index contributed by atoms with van der Waals surface area (Å²) in [4.78, 5) is 19.5. The van der Waals surface area contributed by atoms with E-state index in [9.17, 15) is 4.79 Å². The first kappa shape index (κ1) is 18.9. The topological polar surface area (TPSA) is 31.7 Å². The number of carbonyl (C=O) groups excluding carboxylic acids is 1. The van der Waals surface area contributed by atoms with Gasteiger partial charge in [-0.05, 0) is 65.2 Å². The lowest BCUT2D eigenvalue weighted by atomic mass is 10.1. The van der Waals surface area contributed by atoms with Gasteiger partial charge >= 0.3 is 0 Å². The Bertz CT molecular complexity index is 742. The minimum absolute atomic E-state index is 0.163. The number of carbonyl (C=O) groups is 1. The van der Waals surface area contributed by atoms with E-state index in [0.717, 1.165) is 56.6 Å². The van der Waals surface area contributed by atoms with Gasteiger partial charge in [-0.3, -0.25) is 9.69 Å². The number of fused-ring (bicyclic) bond motifs is 1. The zero-order valence-corrected chi connectivity index (χ0v) is 16.6. The van der Waals surface area contributed by atoms with Crippen LogP contribution in [-0.2, 0) is 6.54 Å². The van der Waals surface area contributed by atoms with Crippen molar-refractivity contribution < 1.29 is 4.79 Å². The van der Waals surface area contributed by atoms with E-state index in [1.807, 2.05) is 11.0 Å². The summed E-state index contributed by atoms with van der Waals surface area (Å²) in [6.45, 7) is 10.1. The number of benzene rings is 1. The van der Waals surface area contributed by atoms with Crippen molar-refractivity contribution in [2.45, 2.75) is 32.9 Å². The predicted molar refractivity (Wildman–Crippen MR) is 108 cm³/mol. The van der Waals surface area contributed by atoms with Gasteiger partial charge in [0.25, 0.3) is 5.91 Å². The molecule has 0 saturated carbocycles. The largest absolute Gasteiger partial charge is 0.347 e. The SMILES string of the molecule is CC(C)N1CCN(C(=O)c2ccc3c(ccn3CCCN(C)C)c2)CC1. The third-order valence-electron chi connectivity index (χ3n) is 5.35. The molecule has 0 atom stereocenters. The Labute approximate surface area is 157 Å². The zero-order valence-electron chi connectivity index (χ0n) is 16.6. The average molecular weight is 357 g/mol. The van der Waals surface area contributed by atoms with Crippen molar-refractivity contribution in [3.05, 3.63) is 36.0 Å². The Hall–Kier alpha value is -1.85. The first-order valence-electron chi connectivity index (χ1n) is 9.72. The second-order valence-corrected chi connectivity index (χ2v) is 7.86. The highest BCUT2D eigenvalue weighted by atomic mass is 16.2. The highest BCUT2D eigenvalue weighted by molar-refractivity contribution is 5.98. The van der Waals surface area contributed by atoms with Gasteiger partial charge in [0.15, 0.2) is 0 Å². The smallest absolute Gasteiger partial charge is 0.253 e. The van der Waals surface area contributed by atoms with E-state index in [0.29, 0.717) is 6.04 Å². The molecule has 1 aromatic heterocycles. The van der Waals surface area contributed by atoms with Gasteiger partial charge in [0.2, 0.25) is 0 Å². The van der Waals surface area contributed by atoms with Crippen LogP contribution in [0.5, 0.6) is 0 Å². The van der Waals surface area contributed by atoms with Crippen LogP contribution in [0.1, 0.15) is 30.6 Å². The van der Waals surface area contributed by atoms with Crippen molar-refractivity contribution in [3.8, 4) is 0 Å². The standard InChI is InChI=1S/C21H32N4O/c1-17(2)23-12-14-25(15-13-23)21(26)19-6-7-20-18(16-19)8-11-24(20)10-5-9-22(3)4/h6-8,11,16-17H,5,9-10,12-15H2,1-4H3. The minimum atomic E-state index is 0.163. The highest BCUT2D eigenvalue weighted by Gasteiger charge is 2.23. The molecule has 0 radical (unpaired) electrons. The summed E-state index contributed by atoms with van der Waals surface area (Å²) in [5, 5.41) is 1.15. The number of aromatic nitrogens is 1. The summed E-state index contributed by atoms with van der Waals surface area (Å²) < 4.78 is 2.29. The van der Waals surface area contributed by atoms with E-state index < -0.39 is 0 Å². The molecule has 26 heavy (non-hydrogen) atoms. The monoisotopic (exact) mass is 356 g/mol. The maximum Gasteiger partial charge on any atom is 0.253 e. The molecule has 2 heterocycles. The molecule has 5 nitrogen and oxygen atoms in total. The van der Waals surface area contributed by atoms with E-state index in [1.54, 1.807) is 0 Å². The molecule has 5 heteroatoms. The molecule has 0 aliphatic carbocycles. The Balaban J connectivity index is 1.66. The van der Waals surface area contributed by atoms with Crippen LogP contribution in [0.3, 0.4) is 0 Å². The van der Waals surface area contributed by atoms with Crippen molar-refractivity contribution in [2.75, 3.05) is 46.8 Å². The Morgan fingerprint density at radius 2 is 1.85 bits per heavy atom. The van der Waals surface area contributed by atoms with E-state index in [-0.39, 0.29) is 5.91 Å². The van der Waals surface area contributed by atoms with Crippen molar-refractivity contribution in [3.63, 3.8) is 0 Å². The van der Waals surface area contributed by atoms with Crippen LogP contribution >= 0.6 is 0 Å². The molecule has 1 aliphatic rings. The van der Waals surface area contributed by atoms with Gasteiger partial charge in [-0.25, -0.2) is 0 Å². The number of piperazine rings is 1. The second-order valence-electron chi connectivity index (χ2n) is 7.86. The predicted octanol–water partition coefficient (Wildman–Crippen LogP) is 2.76. The quantitative estimate of drug-likeness (QED) is 0.798. The normalized spacial score (nSPS) is 16.2. The van der Waals surface area contributed by atoms with E-state index in [1.165, 1.54) is 5.52 Å². The molecule has 3 rings (SSSR count). The summed E-state index contributed by atoms with van der Waals surface area (Å²) in [6.07, 6.45) is 3.26. The molecule has 1 aromatic carbocycles. The fraction of sp³-hybridized carbons (Fsp3) is 0.571. The van der Waals surface area contributed by atoms with Gasteiger partial charge in [-0.2, -0.15) is 0 Å². The van der Waals surface area contributed by atoms with Crippen molar-refractivity contribution in [2.24, 2.45) is 0 Å². The maximum atomic E-state index is 12.9. The van der Waals surface area contributed by atoms with Crippen LogP contribution in [0.2, 0.25) is 0 Å². The first-order chi connectivity index (χ1) is 12.5. The van der Waals surface area contributed by atoms with Crippen LogP contribution in [0.25, 0.3) is 10.9 Å². The van der Waals surface area contributed by atoms with Gasteiger partial charge in [-0.15, -0.1) is 0 Å². The van der Waals surface area contributed by atoms with Crippen molar-refractivity contribution in [1.29, 1.82) is 0 Å². The fourth-order valence-electron chi connectivity index (χ4n) is 3.71. The number of hydrogen-bond acceptors (Lipinski definition) is 3. The average Bonchev–Trinajstić information content (AvgIpc) is 3.03. The summed E-state index contributed by atoms with van der Waals surface area (Å²) in [5.74, 6) is 0.163. The number of aryl methyl sites for hydroxylation is 1. The third kappa shape index (κ3) is 4.27. The molecular formula is C21H32N4O. The summed E-state index contributed by atoms with van der Waals surface area (Å²) in [7, 11) is 4.21. The number of rotatable bonds is 6. The lowest BCUT2D eigenvalue weighted by Gasteiger charge is -2.37. The van der Waals surface area contributed by atoms with Crippen molar-refractivity contribution in [1.82, 2.24) is 19.3 Å². The fourth-order valence-corrected chi connectivity index (χ4v) is 3.71. The minimum Gasteiger partial charge on any atom is -0.347 e. The Morgan fingerprint density at radius 1 is 1.12 bits per heavy atom. The molecule has 0 bridgehead atoms. The number of amides is 1. The molecule has 1 aliphatic heterocycles. The third-order valence-corrected chi connectivity index (χ3v) is 5.35. The van der Waals surface area contributed by atoms with Gasteiger partial charge in [0.1, 0.15) is 0 Å². The molecule has 0 unspecified atom stereocenters. The van der Waals surface area contributed by atoms with Gasteiger partial charge in [0, 0.05) is 61.4 Å². The first-order valence-corrected chi connectivity index (χ1v) is 9.72. The highest BCUT2D eigenvalue weighted by Crippen LogP contribution is 2.20. The van der Waals surface area contributed by atoms with Crippen LogP contribution in [0.4, 0.5) is 0 Å². The second kappa shape index (κ2) is 8.23.